The number of carbonyl (C=O) groups excluding carboxylic acids is 2. The number of carbonyl (C=O) groups is 2. The molecule has 4 rings (SSSR count). The smallest absolute Gasteiger partial charge is 0.416 e. The van der Waals surface area contributed by atoms with Gasteiger partial charge >= 0.3 is 18.1 Å². The highest BCUT2D eigenvalue weighted by Crippen LogP contribution is 2.52. The summed E-state index contributed by atoms with van der Waals surface area (Å²) in [6.45, 7) is 6.56. The number of benzene rings is 3. The van der Waals surface area contributed by atoms with E-state index in [0.717, 1.165) is 29.0 Å². The number of alkyl halides is 3. The molecule has 1 atom stereocenters. The first-order valence-electron chi connectivity index (χ1n) is 11.3. The van der Waals surface area contributed by atoms with Crippen LogP contribution < -0.4 is 5.32 Å². The summed E-state index contributed by atoms with van der Waals surface area (Å²) in [6, 6.07) is 14.8. The largest absolute Gasteiger partial charge is 0.462 e. The van der Waals surface area contributed by atoms with Gasteiger partial charge in [0.1, 0.15) is 0 Å². The monoisotopic (exact) mass is 485 g/mol. The van der Waals surface area contributed by atoms with Crippen LogP contribution >= 0.6 is 0 Å². The number of halogens is 3. The molecule has 0 saturated carbocycles. The Morgan fingerprint density at radius 1 is 0.857 bits per heavy atom. The SMILES string of the molecule is CC(C)OC(=O)C1(C(=O)OC(C)C)c2ccc(C(F)(F)F)cc2N[C@@H]1c1ccc2ccccc2c1. The van der Waals surface area contributed by atoms with Crippen molar-refractivity contribution in [2.45, 2.75) is 57.5 Å². The lowest BCUT2D eigenvalue weighted by Gasteiger charge is -2.33. The Balaban J connectivity index is 1.98. The van der Waals surface area contributed by atoms with Gasteiger partial charge in [0.25, 0.3) is 0 Å². The maximum atomic E-state index is 13.7. The molecule has 0 aromatic heterocycles. The molecular weight excluding hydrogens is 459 g/mol. The molecule has 8 heteroatoms. The van der Waals surface area contributed by atoms with E-state index in [0.29, 0.717) is 5.56 Å². The lowest BCUT2D eigenvalue weighted by molar-refractivity contribution is -0.170. The molecule has 0 saturated heterocycles. The van der Waals surface area contributed by atoms with E-state index in [2.05, 4.69) is 5.32 Å². The molecule has 5 nitrogen and oxygen atoms in total. The van der Waals surface area contributed by atoms with Gasteiger partial charge in [-0.3, -0.25) is 9.59 Å². The predicted molar refractivity (Wildman–Crippen MR) is 126 cm³/mol. The van der Waals surface area contributed by atoms with Crippen LogP contribution in [0.5, 0.6) is 0 Å². The quantitative estimate of drug-likeness (QED) is 0.346. The standard InChI is InChI=1S/C27H26F3NO4/c1-15(2)34-24(32)26(25(33)35-16(3)4)21-12-11-20(27(28,29)30)14-22(21)31-23(26)19-10-9-17-7-5-6-8-18(17)13-19/h5-16,23,31H,1-4H3/t23-/m1/s1. The van der Waals surface area contributed by atoms with Gasteiger partial charge in [-0.1, -0.05) is 42.5 Å². The van der Waals surface area contributed by atoms with Crippen LogP contribution in [0.3, 0.4) is 0 Å². The summed E-state index contributed by atoms with van der Waals surface area (Å²) in [5, 5.41) is 4.81. The average molecular weight is 486 g/mol. The van der Waals surface area contributed by atoms with Crippen LogP contribution in [0.25, 0.3) is 10.8 Å². The summed E-state index contributed by atoms with van der Waals surface area (Å²) in [5.41, 5.74) is -2.29. The third-order valence-electron chi connectivity index (χ3n) is 5.94. The summed E-state index contributed by atoms with van der Waals surface area (Å²) in [7, 11) is 0. The van der Waals surface area contributed by atoms with Crippen LogP contribution in [0, 0.1) is 0 Å². The Labute approximate surface area is 201 Å². The van der Waals surface area contributed by atoms with Crippen LogP contribution in [0.2, 0.25) is 0 Å². The molecule has 0 amide bonds. The lowest BCUT2D eigenvalue weighted by Crippen LogP contribution is -2.50. The average Bonchev–Trinajstić information content (AvgIpc) is 3.13. The van der Waals surface area contributed by atoms with Gasteiger partial charge < -0.3 is 14.8 Å². The molecule has 0 bridgehead atoms. The summed E-state index contributed by atoms with van der Waals surface area (Å²) < 4.78 is 51.5. The van der Waals surface area contributed by atoms with Gasteiger partial charge in [0.15, 0.2) is 0 Å². The molecule has 1 N–H and O–H groups in total. The van der Waals surface area contributed by atoms with Gasteiger partial charge in [0, 0.05) is 11.3 Å². The zero-order valence-corrected chi connectivity index (χ0v) is 19.8. The number of rotatable bonds is 5. The fraction of sp³-hybridized carbons (Fsp3) is 0.333. The number of hydrogen-bond acceptors (Lipinski definition) is 5. The Hall–Kier alpha value is -3.55. The number of nitrogens with one attached hydrogen (secondary N) is 1. The highest BCUT2D eigenvalue weighted by molar-refractivity contribution is 6.11. The van der Waals surface area contributed by atoms with Gasteiger partial charge in [-0.15, -0.1) is 0 Å². The van der Waals surface area contributed by atoms with Gasteiger partial charge in [-0.25, -0.2) is 0 Å². The third kappa shape index (κ3) is 4.33. The second-order valence-corrected chi connectivity index (χ2v) is 9.16. The van der Waals surface area contributed by atoms with E-state index in [4.69, 9.17) is 9.47 Å². The van der Waals surface area contributed by atoms with E-state index < -0.39 is 47.3 Å². The topological polar surface area (TPSA) is 64.6 Å². The molecule has 184 valence electrons. The molecule has 1 aliphatic heterocycles. The minimum Gasteiger partial charge on any atom is -0.462 e. The molecule has 0 spiro atoms. The maximum absolute atomic E-state index is 13.7. The van der Waals surface area contributed by atoms with E-state index >= 15 is 0 Å². The molecule has 0 fully saturated rings. The van der Waals surface area contributed by atoms with Crippen LogP contribution in [-0.2, 0) is 30.7 Å². The Bertz CT molecular complexity index is 1260. The van der Waals surface area contributed by atoms with E-state index in [1.54, 1.807) is 33.8 Å². The van der Waals surface area contributed by atoms with E-state index in [9.17, 15) is 22.8 Å². The minimum absolute atomic E-state index is 0.0272. The van der Waals surface area contributed by atoms with Crippen LogP contribution in [0.1, 0.15) is 50.4 Å². The first-order chi connectivity index (χ1) is 16.4. The van der Waals surface area contributed by atoms with Gasteiger partial charge in [0.2, 0.25) is 5.41 Å². The second kappa shape index (κ2) is 8.91. The Morgan fingerprint density at radius 3 is 2.03 bits per heavy atom. The minimum atomic E-state index is -4.60. The summed E-state index contributed by atoms with van der Waals surface area (Å²) in [5.74, 6) is -1.77. The molecule has 3 aromatic rings. The number of ether oxygens (including phenoxy) is 2. The van der Waals surface area contributed by atoms with Gasteiger partial charge in [0.05, 0.1) is 23.8 Å². The van der Waals surface area contributed by atoms with Crippen molar-refractivity contribution in [2.24, 2.45) is 0 Å². The van der Waals surface area contributed by atoms with Crippen molar-refractivity contribution in [1.82, 2.24) is 0 Å². The fourth-order valence-corrected chi connectivity index (χ4v) is 4.48. The number of fused-ring (bicyclic) bond motifs is 2. The number of esters is 2. The van der Waals surface area contributed by atoms with Crippen molar-refractivity contribution in [3.63, 3.8) is 0 Å². The van der Waals surface area contributed by atoms with E-state index in [-0.39, 0.29) is 11.3 Å². The molecule has 0 aliphatic carbocycles. The lowest BCUT2D eigenvalue weighted by atomic mass is 9.73. The van der Waals surface area contributed by atoms with Crippen LogP contribution in [0.15, 0.2) is 60.7 Å². The van der Waals surface area contributed by atoms with Gasteiger partial charge in [-0.05, 0) is 62.2 Å². The van der Waals surface area contributed by atoms with Crippen LogP contribution in [-0.4, -0.2) is 24.1 Å². The normalized spacial score (nSPS) is 16.8. The fourth-order valence-electron chi connectivity index (χ4n) is 4.48. The molecule has 0 unspecified atom stereocenters. The first kappa shape index (κ1) is 24.6. The Morgan fingerprint density at radius 2 is 1.46 bits per heavy atom. The molecule has 1 aliphatic rings. The first-order valence-corrected chi connectivity index (χ1v) is 11.3. The molecule has 35 heavy (non-hydrogen) atoms. The molecule has 3 aromatic carbocycles. The number of anilines is 1. The third-order valence-corrected chi connectivity index (χ3v) is 5.94. The van der Waals surface area contributed by atoms with Gasteiger partial charge in [-0.2, -0.15) is 13.2 Å². The predicted octanol–water partition coefficient (Wildman–Crippen LogP) is 6.17. The van der Waals surface area contributed by atoms with E-state index in [1.807, 2.05) is 36.4 Å². The van der Waals surface area contributed by atoms with Crippen molar-refractivity contribution in [3.8, 4) is 0 Å². The zero-order chi connectivity index (χ0) is 25.5. The Kier molecular flexibility index (Phi) is 6.25. The highest BCUT2D eigenvalue weighted by atomic mass is 19.4. The highest BCUT2D eigenvalue weighted by Gasteiger charge is 2.62. The summed E-state index contributed by atoms with van der Waals surface area (Å²) in [4.78, 5) is 27.4. The van der Waals surface area contributed by atoms with Crippen molar-refractivity contribution >= 4 is 28.4 Å². The van der Waals surface area contributed by atoms with Crippen molar-refractivity contribution in [2.75, 3.05) is 5.32 Å². The molecule has 1 heterocycles. The van der Waals surface area contributed by atoms with Crippen molar-refractivity contribution in [1.29, 1.82) is 0 Å². The second-order valence-electron chi connectivity index (χ2n) is 9.16. The van der Waals surface area contributed by atoms with Crippen LogP contribution in [0.4, 0.5) is 18.9 Å². The molecule has 0 radical (unpaired) electrons. The van der Waals surface area contributed by atoms with Crippen molar-refractivity contribution < 1.29 is 32.2 Å². The molecular formula is C27H26F3NO4. The summed E-state index contributed by atoms with van der Waals surface area (Å²) in [6.07, 6.45) is -5.74. The summed E-state index contributed by atoms with van der Waals surface area (Å²) >= 11 is 0. The van der Waals surface area contributed by atoms with E-state index in [1.165, 1.54) is 0 Å². The maximum Gasteiger partial charge on any atom is 0.416 e. The zero-order valence-electron chi connectivity index (χ0n) is 19.8. The number of hydrogen-bond donors (Lipinski definition) is 1. The van der Waals surface area contributed by atoms with Crippen molar-refractivity contribution in [3.05, 3.63) is 77.4 Å².